The summed E-state index contributed by atoms with van der Waals surface area (Å²) in [6.07, 6.45) is 6.25. The molecule has 1 saturated heterocycles. The minimum absolute atomic E-state index is 0.0000177. The van der Waals surface area contributed by atoms with E-state index in [0.29, 0.717) is 25.3 Å². The minimum Gasteiger partial charge on any atom is -0.482 e. The van der Waals surface area contributed by atoms with Crippen LogP contribution in [-0.2, 0) is 14.3 Å². The Morgan fingerprint density at radius 2 is 1.86 bits per heavy atom. The number of amides is 2. The molecule has 3 aliphatic rings. The molecular formula is C22H31N3O4. The topological polar surface area (TPSA) is 71.1 Å². The molecule has 158 valence electrons. The molecule has 0 atom stereocenters. The van der Waals surface area contributed by atoms with Crippen molar-refractivity contribution in [1.82, 2.24) is 10.2 Å². The van der Waals surface area contributed by atoms with Gasteiger partial charge in [-0.2, -0.15) is 0 Å². The molecule has 4 rings (SSSR count). The van der Waals surface area contributed by atoms with Crippen molar-refractivity contribution in [2.75, 3.05) is 50.9 Å². The van der Waals surface area contributed by atoms with Gasteiger partial charge in [0.2, 0.25) is 5.91 Å². The number of carbonyl (C=O) groups is 2. The van der Waals surface area contributed by atoms with E-state index in [1.165, 1.54) is 19.3 Å². The van der Waals surface area contributed by atoms with E-state index >= 15 is 0 Å². The van der Waals surface area contributed by atoms with Gasteiger partial charge in [0.05, 0.1) is 18.9 Å². The van der Waals surface area contributed by atoms with E-state index in [9.17, 15) is 9.59 Å². The summed E-state index contributed by atoms with van der Waals surface area (Å²) in [5.74, 6) is 0.592. The fraction of sp³-hybridized carbons (Fsp3) is 0.636. The summed E-state index contributed by atoms with van der Waals surface area (Å²) in [5, 5.41) is 3.18. The quantitative estimate of drug-likeness (QED) is 0.789. The van der Waals surface area contributed by atoms with Gasteiger partial charge in [-0.1, -0.05) is 31.4 Å². The molecule has 1 aliphatic carbocycles. The second-order valence-electron chi connectivity index (χ2n) is 8.21. The van der Waals surface area contributed by atoms with Crippen LogP contribution in [0.2, 0.25) is 0 Å². The van der Waals surface area contributed by atoms with Gasteiger partial charge in [-0.3, -0.25) is 14.5 Å². The normalized spacial score (nSPS) is 21.9. The monoisotopic (exact) mass is 401 g/mol. The molecule has 0 spiro atoms. The van der Waals surface area contributed by atoms with Crippen LogP contribution in [-0.4, -0.2) is 68.3 Å². The number of hydrogen-bond acceptors (Lipinski definition) is 5. The zero-order chi connectivity index (χ0) is 20.1. The van der Waals surface area contributed by atoms with Crippen LogP contribution >= 0.6 is 0 Å². The van der Waals surface area contributed by atoms with Gasteiger partial charge < -0.3 is 19.7 Å². The highest BCUT2D eigenvalue weighted by Crippen LogP contribution is 2.34. The second-order valence-corrected chi connectivity index (χ2v) is 8.21. The van der Waals surface area contributed by atoms with Gasteiger partial charge in [-0.25, -0.2) is 0 Å². The number of nitrogens with one attached hydrogen (secondary N) is 1. The molecule has 0 bridgehead atoms. The van der Waals surface area contributed by atoms with Crippen molar-refractivity contribution in [3.63, 3.8) is 0 Å². The van der Waals surface area contributed by atoms with Crippen LogP contribution in [0, 0.1) is 0 Å². The highest BCUT2D eigenvalue weighted by molar-refractivity contribution is 5.98. The first-order chi connectivity index (χ1) is 14.2. The summed E-state index contributed by atoms with van der Waals surface area (Å²) in [4.78, 5) is 29.1. The number of fused-ring (bicyclic) bond motifs is 1. The first kappa shape index (κ1) is 20.2. The molecule has 0 radical (unpaired) electrons. The molecule has 7 heteroatoms. The number of nitrogens with zero attached hydrogens (tertiary/aromatic N) is 2. The number of hydrogen-bond donors (Lipinski definition) is 1. The SMILES string of the molecule is O=C(CCN1C(=O)COc2ccccc21)NCC1(N2CCOCC2)CCCCC1. The number of anilines is 1. The highest BCUT2D eigenvalue weighted by atomic mass is 16.5. The van der Waals surface area contributed by atoms with Crippen molar-refractivity contribution in [3.05, 3.63) is 24.3 Å². The summed E-state index contributed by atoms with van der Waals surface area (Å²) in [6, 6.07) is 7.47. The van der Waals surface area contributed by atoms with Gasteiger partial charge in [-0.05, 0) is 25.0 Å². The lowest BCUT2D eigenvalue weighted by Gasteiger charge is -2.48. The first-order valence-electron chi connectivity index (χ1n) is 10.8. The van der Waals surface area contributed by atoms with E-state index in [2.05, 4.69) is 10.2 Å². The molecule has 0 aromatic heterocycles. The predicted molar refractivity (Wildman–Crippen MR) is 110 cm³/mol. The maximum Gasteiger partial charge on any atom is 0.265 e. The standard InChI is InChI=1S/C22H31N3O4/c26-20(8-11-25-18-6-2-3-7-19(18)29-16-21(25)27)23-17-22(9-4-1-5-10-22)24-12-14-28-15-13-24/h2-3,6-7H,1,4-5,8-17H2,(H,23,26). The van der Waals surface area contributed by atoms with Crippen molar-refractivity contribution in [1.29, 1.82) is 0 Å². The van der Waals surface area contributed by atoms with Crippen molar-refractivity contribution in [3.8, 4) is 5.75 Å². The van der Waals surface area contributed by atoms with Crippen molar-refractivity contribution in [2.45, 2.75) is 44.1 Å². The number of morpholine rings is 1. The van der Waals surface area contributed by atoms with Crippen LogP contribution in [0.25, 0.3) is 0 Å². The summed E-state index contributed by atoms with van der Waals surface area (Å²) in [6.45, 7) is 4.50. The molecule has 1 aromatic carbocycles. The lowest BCUT2D eigenvalue weighted by Crippen LogP contribution is -2.59. The maximum atomic E-state index is 12.6. The Morgan fingerprint density at radius 1 is 1.10 bits per heavy atom. The number of para-hydroxylation sites is 2. The number of ether oxygens (including phenoxy) is 2. The second kappa shape index (κ2) is 9.13. The fourth-order valence-electron chi connectivity index (χ4n) is 4.82. The van der Waals surface area contributed by atoms with Crippen LogP contribution in [0.3, 0.4) is 0 Å². The summed E-state index contributed by atoms with van der Waals surface area (Å²) in [7, 11) is 0. The Labute approximate surface area is 172 Å². The Bertz CT molecular complexity index is 727. The zero-order valence-electron chi connectivity index (χ0n) is 17.0. The summed E-state index contributed by atoms with van der Waals surface area (Å²) >= 11 is 0. The Balaban J connectivity index is 1.34. The third kappa shape index (κ3) is 4.56. The van der Waals surface area contributed by atoms with Gasteiger partial charge in [0.1, 0.15) is 5.75 Å². The van der Waals surface area contributed by atoms with Gasteiger partial charge in [0.25, 0.3) is 5.91 Å². The fourth-order valence-corrected chi connectivity index (χ4v) is 4.82. The van der Waals surface area contributed by atoms with E-state index in [1.807, 2.05) is 24.3 Å². The van der Waals surface area contributed by atoms with E-state index in [0.717, 1.165) is 44.8 Å². The third-order valence-electron chi connectivity index (χ3n) is 6.45. The Hall–Kier alpha value is -2.12. The molecule has 2 aliphatic heterocycles. The number of rotatable bonds is 6. The maximum absolute atomic E-state index is 12.6. The average Bonchev–Trinajstić information content (AvgIpc) is 2.78. The molecule has 7 nitrogen and oxygen atoms in total. The Morgan fingerprint density at radius 3 is 2.66 bits per heavy atom. The minimum atomic E-state index is -0.103. The average molecular weight is 402 g/mol. The molecule has 2 heterocycles. The summed E-state index contributed by atoms with van der Waals surface area (Å²) in [5.41, 5.74) is 0.799. The third-order valence-corrected chi connectivity index (χ3v) is 6.45. The van der Waals surface area contributed by atoms with Crippen LogP contribution in [0.4, 0.5) is 5.69 Å². The Kier molecular flexibility index (Phi) is 6.35. The van der Waals surface area contributed by atoms with Crippen LogP contribution in [0.1, 0.15) is 38.5 Å². The molecule has 1 N–H and O–H groups in total. The van der Waals surface area contributed by atoms with Gasteiger partial charge in [-0.15, -0.1) is 0 Å². The van der Waals surface area contributed by atoms with Gasteiger partial charge in [0, 0.05) is 38.1 Å². The van der Waals surface area contributed by atoms with E-state index in [1.54, 1.807) is 4.90 Å². The number of carbonyl (C=O) groups excluding carboxylic acids is 2. The van der Waals surface area contributed by atoms with Crippen LogP contribution in [0.5, 0.6) is 5.75 Å². The molecule has 1 saturated carbocycles. The first-order valence-corrected chi connectivity index (χ1v) is 10.8. The predicted octanol–water partition coefficient (Wildman–Crippen LogP) is 1.95. The molecule has 2 fully saturated rings. The lowest BCUT2D eigenvalue weighted by molar-refractivity contribution is -0.123. The summed E-state index contributed by atoms with van der Waals surface area (Å²) < 4.78 is 11.0. The smallest absolute Gasteiger partial charge is 0.265 e. The largest absolute Gasteiger partial charge is 0.482 e. The van der Waals surface area contributed by atoms with Gasteiger partial charge >= 0.3 is 0 Å². The van der Waals surface area contributed by atoms with Crippen molar-refractivity contribution >= 4 is 17.5 Å². The zero-order valence-corrected chi connectivity index (χ0v) is 17.0. The molecular weight excluding hydrogens is 370 g/mol. The van der Waals surface area contributed by atoms with E-state index in [-0.39, 0.29) is 24.0 Å². The van der Waals surface area contributed by atoms with Crippen LogP contribution in [0.15, 0.2) is 24.3 Å². The van der Waals surface area contributed by atoms with E-state index < -0.39 is 0 Å². The number of benzene rings is 1. The molecule has 2 amide bonds. The lowest BCUT2D eigenvalue weighted by atomic mass is 9.79. The van der Waals surface area contributed by atoms with Crippen LogP contribution < -0.4 is 15.0 Å². The van der Waals surface area contributed by atoms with Crippen molar-refractivity contribution in [2.24, 2.45) is 0 Å². The highest BCUT2D eigenvalue weighted by Gasteiger charge is 2.38. The molecule has 29 heavy (non-hydrogen) atoms. The van der Waals surface area contributed by atoms with Crippen molar-refractivity contribution < 1.29 is 19.1 Å². The van der Waals surface area contributed by atoms with Gasteiger partial charge in [0.15, 0.2) is 6.61 Å². The molecule has 1 aromatic rings. The molecule has 0 unspecified atom stereocenters. The van der Waals surface area contributed by atoms with E-state index in [4.69, 9.17) is 9.47 Å².